The third kappa shape index (κ3) is 83.3. The number of allylic oxidation sites excluding steroid dienone is 4. The molecule has 0 aromatic carbocycles. The quantitative estimate of drug-likeness (QED) is 0.0221. The van der Waals surface area contributed by atoms with Gasteiger partial charge < -0.3 is 58.0 Å². The molecule has 0 heterocycles. The maximum absolute atomic E-state index is 14.0. The first kappa shape index (κ1) is 128. The zero-order chi connectivity index (χ0) is 97.6. The molecule has 0 aliphatic rings. The molecule has 0 fully saturated rings. The Bertz CT molecular complexity index is 2810. The van der Waals surface area contributed by atoms with Crippen molar-refractivity contribution in [1.82, 2.24) is 0 Å². The number of unbranched alkanes of at least 4 members (excludes halogenated alkanes) is 67. The summed E-state index contributed by atoms with van der Waals surface area (Å²) in [7, 11) is 0. The van der Waals surface area contributed by atoms with E-state index >= 15 is 0 Å². The van der Waals surface area contributed by atoms with Gasteiger partial charge >= 0.3 is 53.7 Å². The van der Waals surface area contributed by atoms with Crippen molar-refractivity contribution in [1.29, 1.82) is 0 Å². The van der Waals surface area contributed by atoms with E-state index in [4.69, 9.17) is 42.6 Å². The molecule has 0 rings (SSSR count). The predicted octanol–water partition coefficient (Wildman–Crippen LogP) is 29.3. The Hall–Kier alpha value is -5.41. The van der Waals surface area contributed by atoms with Crippen LogP contribution in [0.5, 0.6) is 0 Å². The van der Waals surface area contributed by atoms with E-state index < -0.39 is 134 Å². The fraction of sp³-hybridized carbons (Fsp3) is 0.884. The molecule has 3 N–H and O–H groups in total. The lowest BCUT2D eigenvalue weighted by molar-refractivity contribution is -0.183. The molecular weight excluding hydrogens is 1680 g/mol. The van der Waals surface area contributed by atoms with Crippen LogP contribution in [0.4, 0.5) is 0 Å². The molecule has 778 valence electrons. The van der Waals surface area contributed by atoms with Gasteiger partial charge in [0.05, 0.1) is 71.6 Å². The van der Waals surface area contributed by atoms with Gasteiger partial charge in [0, 0.05) is 0 Å². The normalized spacial score (nSPS) is 13.4. The maximum atomic E-state index is 14.0. The molecule has 0 saturated carbocycles. The van der Waals surface area contributed by atoms with Gasteiger partial charge in [-0.05, 0) is 97.3 Å². The second kappa shape index (κ2) is 94.2. The van der Waals surface area contributed by atoms with E-state index in [2.05, 4.69) is 58.9 Å². The number of carbonyl (C=O) groups excluding carboxylic acids is 9. The zero-order valence-electron chi connectivity index (χ0n) is 86.7. The predicted molar refractivity (Wildman–Crippen MR) is 539 cm³/mol. The van der Waals surface area contributed by atoms with E-state index in [1.807, 2.05) is 0 Å². The molecule has 5 atom stereocenters. The van der Waals surface area contributed by atoms with Crippen LogP contribution in [0.3, 0.4) is 0 Å². The average molecular weight is 1890 g/mol. The Balaban J connectivity index is 6.23. The molecule has 0 aliphatic carbocycles. The van der Waals surface area contributed by atoms with E-state index in [1.54, 1.807) is 0 Å². The van der Waals surface area contributed by atoms with E-state index in [1.165, 1.54) is 296 Å². The molecule has 21 nitrogen and oxygen atoms in total. The number of esters is 9. The number of hydrogen-bond acceptors (Lipinski definition) is 21. The molecule has 21 heteroatoms. The molecule has 0 amide bonds. The van der Waals surface area contributed by atoms with Gasteiger partial charge in [-0.3, -0.25) is 28.8 Å². The summed E-state index contributed by atoms with van der Waals surface area (Å²) in [4.78, 5) is 123. The first-order valence-corrected chi connectivity index (χ1v) is 55.6. The number of aliphatic hydroxyl groups is 3. The highest BCUT2D eigenvalue weighted by Gasteiger charge is 2.47. The fourth-order valence-corrected chi connectivity index (χ4v) is 16.8. The lowest BCUT2D eigenvalue weighted by Crippen LogP contribution is -2.46. The van der Waals surface area contributed by atoms with Gasteiger partial charge in [-0.1, -0.05) is 451 Å². The molecular formula is C112H204O21. The van der Waals surface area contributed by atoms with Crippen LogP contribution in [0, 0.1) is 0 Å². The van der Waals surface area contributed by atoms with Crippen LogP contribution in [0.1, 0.15) is 562 Å². The Labute approximate surface area is 812 Å². The van der Waals surface area contributed by atoms with Gasteiger partial charge in [0.15, 0.2) is 16.8 Å². The van der Waals surface area contributed by atoms with E-state index in [9.17, 15) is 58.5 Å². The summed E-state index contributed by atoms with van der Waals surface area (Å²) in [5.74, 6) is -10.2. The maximum Gasteiger partial charge on any atom is 0.339 e. The minimum Gasteiger partial charge on any atom is -0.466 e. The van der Waals surface area contributed by atoms with E-state index in [0.29, 0.717) is 38.5 Å². The SMILES string of the molecule is CCCCCCCCC=CCCCCCCCOC(=O)CC(O)(CC(=O)OCC(C)OC(=O)CC(O)(CC(=O)OCC(C)OC(=O)CC(O)(CC(=O)OCCCCCCCCCCCCCCCCCC)C(=O)OCCCCCCCCCCCCCCCCCC)C(=O)OCCCCCCCCCCCCCCCCCC)C(=O)OCCCCCCCC=CCCCCCCCC. The lowest BCUT2D eigenvalue weighted by Gasteiger charge is -2.26. The van der Waals surface area contributed by atoms with Crippen molar-refractivity contribution >= 4 is 53.7 Å². The molecule has 0 spiro atoms. The van der Waals surface area contributed by atoms with Gasteiger partial charge in [0.1, 0.15) is 25.4 Å². The van der Waals surface area contributed by atoms with Gasteiger partial charge in [-0.2, -0.15) is 0 Å². The number of hydrogen-bond donors (Lipinski definition) is 3. The molecule has 0 saturated heterocycles. The van der Waals surface area contributed by atoms with Gasteiger partial charge in [0.25, 0.3) is 0 Å². The monoisotopic (exact) mass is 1890 g/mol. The second-order valence-corrected chi connectivity index (χ2v) is 39.0. The minimum atomic E-state index is -2.87. The molecule has 0 aliphatic heterocycles. The van der Waals surface area contributed by atoms with Gasteiger partial charge in [-0.25, -0.2) is 14.4 Å². The van der Waals surface area contributed by atoms with Crippen molar-refractivity contribution in [2.45, 2.75) is 591 Å². The Morgan fingerprint density at radius 1 is 0.195 bits per heavy atom. The van der Waals surface area contributed by atoms with Gasteiger partial charge in [0.2, 0.25) is 0 Å². The zero-order valence-corrected chi connectivity index (χ0v) is 86.7. The largest absolute Gasteiger partial charge is 0.466 e. The molecule has 5 unspecified atom stereocenters. The molecule has 0 bridgehead atoms. The van der Waals surface area contributed by atoms with Crippen LogP contribution >= 0.6 is 0 Å². The highest BCUT2D eigenvalue weighted by atomic mass is 16.6. The van der Waals surface area contributed by atoms with E-state index in [-0.39, 0.29) is 33.0 Å². The molecule has 133 heavy (non-hydrogen) atoms. The van der Waals surface area contributed by atoms with Crippen LogP contribution in [-0.4, -0.2) is 144 Å². The van der Waals surface area contributed by atoms with Crippen LogP contribution in [0.15, 0.2) is 24.3 Å². The van der Waals surface area contributed by atoms with Crippen molar-refractivity contribution in [2.75, 3.05) is 46.2 Å². The summed E-state index contributed by atoms with van der Waals surface area (Å²) < 4.78 is 49.5. The van der Waals surface area contributed by atoms with Crippen molar-refractivity contribution in [2.24, 2.45) is 0 Å². The van der Waals surface area contributed by atoms with Crippen molar-refractivity contribution in [3.05, 3.63) is 24.3 Å². The summed E-state index contributed by atoms with van der Waals surface area (Å²) >= 11 is 0. The molecule has 0 aromatic rings. The lowest BCUT2D eigenvalue weighted by atomic mass is 9.95. The summed E-state index contributed by atoms with van der Waals surface area (Å²) in [6.07, 6.45) is 83.9. The number of ether oxygens (including phenoxy) is 9. The third-order valence-corrected chi connectivity index (χ3v) is 25.4. The van der Waals surface area contributed by atoms with Crippen molar-refractivity contribution < 1.29 is 101 Å². The Morgan fingerprint density at radius 3 is 0.519 bits per heavy atom. The van der Waals surface area contributed by atoms with Gasteiger partial charge in [-0.15, -0.1) is 0 Å². The summed E-state index contributed by atoms with van der Waals surface area (Å²) in [5.41, 5.74) is -8.22. The topological polar surface area (TPSA) is 297 Å². The van der Waals surface area contributed by atoms with Crippen molar-refractivity contribution in [3.8, 4) is 0 Å². The minimum absolute atomic E-state index is 0.0462. The number of rotatable bonds is 102. The third-order valence-electron chi connectivity index (χ3n) is 25.4. The Kier molecular flexibility index (Phi) is 90.4. The second-order valence-electron chi connectivity index (χ2n) is 39.0. The Morgan fingerprint density at radius 2 is 0.338 bits per heavy atom. The van der Waals surface area contributed by atoms with E-state index in [0.717, 1.165) is 154 Å². The standard InChI is InChI=1S/C112H204O21/c1-8-13-18-23-28-33-38-43-48-53-57-62-67-72-77-82-87-126-102(114)92-111(123,108(120)128-89-84-79-74-69-64-59-54-49-44-39-34-29-24-19-14-9-2)95-105(117)132-100(7)98-131-104(116)94-112(124,109(121)129-90-85-80-75-70-65-60-55-50-45-40-35-30-25-20-15-10-3)96-106(118)133-99(6)97-130-103(115)93-110(122,107(119)127-88-83-78-73-68-63-58-52-47-42-37-32-27-22-17-12-5)91-101(113)125-86-81-76-71-66-61-56-51-46-41-36-31-26-21-16-11-4/h46-47,51-52,99-100,122-124H,8-45,48-50,53-98H2,1-7H3. The molecule has 0 radical (unpaired) electrons. The smallest absolute Gasteiger partial charge is 0.339 e. The van der Waals surface area contributed by atoms with Crippen LogP contribution < -0.4 is 0 Å². The number of carbonyl (C=O) groups is 9. The highest BCUT2D eigenvalue weighted by molar-refractivity contribution is 5.92. The van der Waals surface area contributed by atoms with Crippen LogP contribution in [-0.2, 0) is 85.8 Å². The summed E-state index contributed by atoms with van der Waals surface area (Å²) in [6, 6.07) is 0. The summed E-state index contributed by atoms with van der Waals surface area (Å²) in [5, 5.41) is 35.8. The van der Waals surface area contributed by atoms with Crippen molar-refractivity contribution in [3.63, 3.8) is 0 Å². The average Bonchev–Trinajstić information content (AvgIpc) is 0.845. The first-order valence-electron chi connectivity index (χ1n) is 55.6. The molecule has 0 aromatic heterocycles. The highest BCUT2D eigenvalue weighted by Crippen LogP contribution is 2.28. The van der Waals surface area contributed by atoms with Crippen LogP contribution in [0.2, 0.25) is 0 Å². The van der Waals surface area contributed by atoms with Crippen LogP contribution in [0.25, 0.3) is 0 Å². The summed E-state index contributed by atoms with van der Waals surface area (Å²) in [6.45, 7) is 12.4. The first-order chi connectivity index (χ1) is 64.6. The fourth-order valence-electron chi connectivity index (χ4n) is 16.8.